The molecule has 1 fully saturated rings. The number of hydrogen-bond donors (Lipinski definition) is 2. The van der Waals surface area contributed by atoms with Gasteiger partial charge in [0.1, 0.15) is 6.07 Å². The van der Waals surface area contributed by atoms with Crippen LogP contribution in [0.1, 0.15) is 18.4 Å². The van der Waals surface area contributed by atoms with E-state index in [9.17, 15) is 5.26 Å². The maximum Gasteiger partial charge on any atom is 0.103 e. The number of aromatic nitrogens is 1. The fraction of sp³-hybridized carbons (Fsp3) is 0.333. The molecule has 1 saturated carbocycles. The SMILES string of the molecule is N#Cc1cnc2ccccc2c1NC(CN)C1CC1. The second-order valence-corrected chi connectivity index (χ2v) is 5.00. The summed E-state index contributed by atoms with van der Waals surface area (Å²) < 4.78 is 0. The smallest absolute Gasteiger partial charge is 0.103 e. The highest BCUT2D eigenvalue weighted by Crippen LogP contribution is 2.35. The van der Waals surface area contributed by atoms with Crippen molar-refractivity contribution in [1.29, 1.82) is 5.26 Å². The number of benzene rings is 1. The molecule has 1 unspecified atom stereocenters. The molecule has 4 nitrogen and oxygen atoms in total. The third kappa shape index (κ3) is 2.25. The van der Waals surface area contributed by atoms with Gasteiger partial charge in [0, 0.05) is 24.2 Å². The van der Waals surface area contributed by atoms with Crippen LogP contribution in [0.4, 0.5) is 5.69 Å². The first kappa shape index (κ1) is 11.9. The number of fused-ring (bicyclic) bond motifs is 1. The van der Waals surface area contributed by atoms with Gasteiger partial charge in [-0.1, -0.05) is 18.2 Å². The molecule has 1 aliphatic carbocycles. The van der Waals surface area contributed by atoms with E-state index >= 15 is 0 Å². The molecule has 1 atom stereocenters. The lowest BCUT2D eigenvalue weighted by Crippen LogP contribution is -2.31. The first-order valence-corrected chi connectivity index (χ1v) is 6.58. The highest BCUT2D eigenvalue weighted by molar-refractivity contribution is 5.94. The molecule has 1 aromatic carbocycles. The van der Waals surface area contributed by atoms with Crippen LogP contribution in [0.5, 0.6) is 0 Å². The summed E-state index contributed by atoms with van der Waals surface area (Å²) in [6, 6.07) is 10.3. The number of nitrogens with one attached hydrogen (secondary N) is 1. The highest BCUT2D eigenvalue weighted by Gasteiger charge is 2.30. The van der Waals surface area contributed by atoms with Crippen molar-refractivity contribution in [3.05, 3.63) is 36.0 Å². The first-order valence-electron chi connectivity index (χ1n) is 6.58. The van der Waals surface area contributed by atoms with Crippen molar-refractivity contribution in [3.8, 4) is 6.07 Å². The minimum absolute atomic E-state index is 0.248. The topological polar surface area (TPSA) is 74.7 Å². The van der Waals surface area contributed by atoms with E-state index in [1.54, 1.807) is 6.20 Å². The minimum atomic E-state index is 0.248. The van der Waals surface area contributed by atoms with Gasteiger partial charge in [0.15, 0.2) is 0 Å². The van der Waals surface area contributed by atoms with Gasteiger partial charge in [0.05, 0.1) is 16.8 Å². The van der Waals surface area contributed by atoms with E-state index in [-0.39, 0.29) is 6.04 Å². The third-order valence-corrected chi connectivity index (χ3v) is 3.67. The summed E-state index contributed by atoms with van der Waals surface area (Å²) in [4.78, 5) is 4.31. The molecule has 1 aromatic heterocycles. The zero-order chi connectivity index (χ0) is 13.2. The molecule has 0 bridgehead atoms. The highest BCUT2D eigenvalue weighted by atomic mass is 15.0. The van der Waals surface area contributed by atoms with Crippen molar-refractivity contribution in [3.63, 3.8) is 0 Å². The molecule has 96 valence electrons. The number of pyridine rings is 1. The summed E-state index contributed by atoms with van der Waals surface area (Å²) in [5, 5.41) is 13.7. The lowest BCUT2D eigenvalue weighted by molar-refractivity contribution is 0.645. The van der Waals surface area contributed by atoms with Gasteiger partial charge in [-0.2, -0.15) is 5.26 Å². The van der Waals surface area contributed by atoms with Crippen molar-refractivity contribution in [2.45, 2.75) is 18.9 Å². The summed E-state index contributed by atoms with van der Waals surface area (Å²) in [5.74, 6) is 0.642. The lowest BCUT2D eigenvalue weighted by Gasteiger charge is -2.19. The molecule has 0 aliphatic heterocycles. The molecule has 3 N–H and O–H groups in total. The predicted molar refractivity (Wildman–Crippen MR) is 75.6 cm³/mol. The van der Waals surface area contributed by atoms with Crippen LogP contribution in [0.15, 0.2) is 30.5 Å². The quantitative estimate of drug-likeness (QED) is 0.875. The van der Waals surface area contributed by atoms with Gasteiger partial charge in [-0.15, -0.1) is 0 Å². The van der Waals surface area contributed by atoms with Crippen LogP contribution in [0.2, 0.25) is 0 Å². The molecule has 1 heterocycles. The number of nitrogens with two attached hydrogens (primary N) is 1. The van der Waals surface area contributed by atoms with Crippen LogP contribution >= 0.6 is 0 Å². The summed E-state index contributed by atoms with van der Waals surface area (Å²) in [6.45, 7) is 0.589. The van der Waals surface area contributed by atoms with E-state index in [0.717, 1.165) is 16.6 Å². The molecule has 4 heteroatoms. The molecule has 0 radical (unpaired) electrons. The number of rotatable bonds is 4. The number of para-hydroxylation sites is 1. The van der Waals surface area contributed by atoms with Crippen molar-refractivity contribution < 1.29 is 0 Å². The standard InChI is InChI=1S/C15H16N4/c16-7-11-9-18-13-4-2-1-3-12(13)15(11)19-14(8-17)10-5-6-10/h1-4,9-10,14H,5-6,8,17H2,(H,18,19). The second kappa shape index (κ2) is 4.87. The minimum Gasteiger partial charge on any atom is -0.379 e. The normalized spacial score (nSPS) is 16.0. The van der Waals surface area contributed by atoms with Gasteiger partial charge in [-0.05, 0) is 24.8 Å². The van der Waals surface area contributed by atoms with E-state index in [4.69, 9.17) is 5.73 Å². The fourth-order valence-electron chi connectivity index (χ4n) is 2.43. The number of nitriles is 1. The van der Waals surface area contributed by atoms with Crippen LogP contribution in [0.25, 0.3) is 10.9 Å². The van der Waals surface area contributed by atoms with E-state index < -0.39 is 0 Å². The van der Waals surface area contributed by atoms with Gasteiger partial charge in [-0.3, -0.25) is 4.98 Å². The number of hydrogen-bond acceptors (Lipinski definition) is 4. The van der Waals surface area contributed by atoms with Gasteiger partial charge >= 0.3 is 0 Å². The molecule has 0 spiro atoms. The van der Waals surface area contributed by atoms with Gasteiger partial charge < -0.3 is 11.1 Å². The average Bonchev–Trinajstić information content (AvgIpc) is 3.29. The predicted octanol–water partition coefficient (Wildman–Crippen LogP) is 2.26. The van der Waals surface area contributed by atoms with E-state index in [1.807, 2.05) is 24.3 Å². The molecule has 0 amide bonds. The molecule has 1 aliphatic rings. The van der Waals surface area contributed by atoms with E-state index in [0.29, 0.717) is 18.0 Å². The van der Waals surface area contributed by atoms with E-state index in [2.05, 4.69) is 16.4 Å². The summed E-state index contributed by atoms with van der Waals surface area (Å²) in [5.41, 5.74) is 8.19. The largest absolute Gasteiger partial charge is 0.379 e. The molecular weight excluding hydrogens is 236 g/mol. The average molecular weight is 252 g/mol. The Morgan fingerprint density at radius 1 is 1.42 bits per heavy atom. The van der Waals surface area contributed by atoms with Crippen molar-refractivity contribution >= 4 is 16.6 Å². The Hall–Kier alpha value is -2.12. The fourth-order valence-corrected chi connectivity index (χ4v) is 2.43. The first-order chi connectivity index (χ1) is 9.33. The lowest BCUT2D eigenvalue weighted by atomic mass is 10.1. The summed E-state index contributed by atoms with van der Waals surface area (Å²) >= 11 is 0. The second-order valence-electron chi connectivity index (χ2n) is 5.00. The van der Waals surface area contributed by atoms with Crippen LogP contribution in [-0.2, 0) is 0 Å². The molecule has 3 rings (SSSR count). The van der Waals surface area contributed by atoms with Crippen LogP contribution < -0.4 is 11.1 Å². The molecular formula is C15H16N4. The Bertz CT molecular complexity index is 640. The molecule has 0 saturated heterocycles. The monoisotopic (exact) mass is 252 g/mol. The molecule has 19 heavy (non-hydrogen) atoms. The Balaban J connectivity index is 2.06. The van der Waals surface area contributed by atoms with E-state index in [1.165, 1.54) is 12.8 Å². The maximum atomic E-state index is 9.26. The van der Waals surface area contributed by atoms with Crippen LogP contribution in [0.3, 0.4) is 0 Å². The van der Waals surface area contributed by atoms with Gasteiger partial charge in [0.25, 0.3) is 0 Å². The number of nitrogens with zero attached hydrogens (tertiary/aromatic N) is 2. The zero-order valence-electron chi connectivity index (χ0n) is 10.6. The van der Waals surface area contributed by atoms with Crippen LogP contribution in [0, 0.1) is 17.2 Å². The van der Waals surface area contributed by atoms with Gasteiger partial charge in [0.2, 0.25) is 0 Å². The van der Waals surface area contributed by atoms with Crippen molar-refractivity contribution in [2.75, 3.05) is 11.9 Å². The summed E-state index contributed by atoms with van der Waals surface area (Å²) in [6.07, 6.45) is 4.07. The summed E-state index contributed by atoms with van der Waals surface area (Å²) in [7, 11) is 0. The maximum absolute atomic E-state index is 9.26. The Kier molecular flexibility index (Phi) is 3.06. The Morgan fingerprint density at radius 3 is 2.89 bits per heavy atom. The Labute approximate surface area is 112 Å². The van der Waals surface area contributed by atoms with Crippen LogP contribution in [-0.4, -0.2) is 17.6 Å². The van der Waals surface area contributed by atoms with Crippen molar-refractivity contribution in [2.24, 2.45) is 11.7 Å². The number of anilines is 1. The van der Waals surface area contributed by atoms with Gasteiger partial charge in [-0.25, -0.2) is 0 Å². The third-order valence-electron chi connectivity index (χ3n) is 3.67. The zero-order valence-corrected chi connectivity index (χ0v) is 10.6. The molecule has 2 aromatic rings. The Morgan fingerprint density at radius 2 is 2.21 bits per heavy atom. The van der Waals surface area contributed by atoms with Crippen molar-refractivity contribution in [1.82, 2.24) is 4.98 Å².